The molecule has 1 heterocycles. The van der Waals surface area contributed by atoms with Crippen molar-refractivity contribution in [3.05, 3.63) is 35.4 Å². The van der Waals surface area contributed by atoms with Gasteiger partial charge in [-0.3, -0.25) is 9.69 Å². The number of rotatable bonds is 3. The van der Waals surface area contributed by atoms with Crippen molar-refractivity contribution in [3.63, 3.8) is 0 Å². The van der Waals surface area contributed by atoms with Gasteiger partial charge in [-0.2, -0.15) is 0 Å². The molecule has 0 spiro atoms. The molecule has 1 aromatic rings. The molecule has 21 heavy (non-hydrogen) atoms. The number of nitrogens with zero attached hydrogens (tertiary/aromatic N) is 2. The molecule has 0 bridgehead atoms. The third kappa shape index (κ3) is 3.11. The SMILES string of the molecule is NCCN1CCN(C(=O)C2CCCc3ccccc32)CC1. The van der Waals surface area contributed by atoms with E-state index in [9.17, 15) is 4.79 Å². The zero-order valence-electron chi connectivity index (χ0n) is 12.6. The Hall–Kier alpha value is -1.39. The zero-order chi connectivity index (χ0) is 14.7. The van der Waals surface area contributed by atoms with Crippen LogP contribution in [0.3, 0.4) is 0 Å². The standard InChI is InChI=1S/C17H25N3O/c18-8-9-19-10-12-20(13-11-19)17(21)16-7-3-5-14-4-1-2-6-15(14)16/h1-2,4,6,16H,3,5,7-13,18H2. The summed E-state index contributed by atoms with van der Waals surface area (Å²) in [6, 6.07) is 8.45. The van der Waals surface area contributed by atoms with Crippen molar-refractivity contribution >= 4 is 5.91 Å². The molecule has 1 unspecified atom stereocenters. The van der Waals surface area contributed by atoms with Crippen molar-refractivity contribution in [1.29, 1.82) is 0 Å². The van der Waals surface area contributed by atoms with Gasteiger partial charge in [-0.05, 0) is 30.4 Å². The number of benzene rings is 1. The van der Waals surface area contributed by atoms with Crippen LogP contribution in [0.25, 0.3) is 0 Å². The fourth-order valence-corrected chi connectivity index (χ4v) is 3.61. The van der Waals surface area contributed by atoms with Crippen LogP contribution in [0.1, 0.15) is 29.9 Å². The number of hydrogen-bond donors (Lipinski definition) is 1. The topological polar surface area (TPSA) is 49.6 Å². The van der Waals surface area contributed by atoms with Gasteiger partial charge in [0.25, 0.3) is 0 Å². The maximum Gasteiger partial charge on any atom is 0.230 e. The number of hydrogen-bond acceptors (Lipinski definition) is 3. The Morgan fingerprint density at radius 1 is 1.19 bits per heavy atom. The van der Waals surface area contributed by atoms with Crippen molar-refractivity contribution in [2.45, 2.75) is 25.2 Å². The smallest absolute Gasteiger partial charge is 0.230 e. The van der Waals surface area contributed by atoms with Gasteiger partial charge < -0.3 is 10.6 Å². The molecule has 0 radical (unpaired) electrons. The van der Waals surface area contributed by atoms with E-state index in [-0.39, 0.29) is 5.92 Å². The lowest BCUT2D eigenvalue weighted by Crippen LogP contribution is -2.51. The summed E-state index contributed by atoms with van der Waals surface area (Å²) in [5.74, 6) is 0.408. The van der Waals surface area contributed by atoms with E-state index in [4.69, 9.17) is 5.73 Å². The predicted molar refractivity (Wildman–Crippen MR) is 84.2 cm³/mol. The number of piperazine rings is 1. The second kappa shape index (κ2) is 6.58. The van der Waals surface area contributed by atoms with Crippen LogP contribution in [0, 0.1) is 0 Å². The zero-order valence-corrected chi connectivity index (χ0v) is 12.6. The Balaban J connectivity index is 1.67. The maximum absolute atomic E-state index is 12.9. The van der Waals surface area contributed by atoms with Gasteiger partial charge in [0, 0.05) is 39.3 Å². The van der Waals surface area contributed by atoms with Crippen LogP contribution in [0.4, 0.5) is 0 Å². The third-order valence-electron chi connectivity index (χ3n) is 4.80. The highest BCUT2D eigenvalue weighted by molar-refractivity contribution is 5.84. The molecule has 2 aliphatic rings. The highest BCUT2D eigenvalue weighted by atomic mass is 16.2. The molecule has 114 valence electrons. The summed E-state index contributed by atoms with van der Waals surface area (Å²) in [7, 11) is 0. The minimum absolute atomic E-state index is 0.0796. The number of nitrogens with two attached hydrogens (primary N) is 1. The summed E-state index contributed by atoms with van der Waals surface area (Å²) < 4.78 is 0. The maximum atomic E-state index is 12.9. The van der Waals surface area contributed by atoms with Crippen molar-refractivity contribution in [1.82, 2.24) is 9.80 Å². The lowest BCUT2D eigenvalue weighted by molar-refractivity contribution is -0.134. The average molecular weight is 287 g/mol. The fourth-order valence-electron chi connectivity index (χ4n) is 3.61. The van der Waals surface area contributed by atoms with Gasteiger partial charge in [-0.1, -0.05) is 24.3 Å². The molecule has 4 heteroatoms. The Bertz CT molecular complexity index is 495. The normalized spacial score (nSPS) is 22.9. The Morgan fingerprint density at radius 3 is 2.71 bits per heavy atom. The summed E-state index contributed by atoms with van der Waals surface area (Å²) in [6.07, 6.45) is 3.24. The van der Waals surface area contributed by atoms with Crippen LogP contribution < -0.4 is 5.73 Å². The molecule has 3 rings (SSSR count). The summed E-state index contributed by atoms with van der Waals surface area (Å²) in [5, 5.41) is 0. The van der Waals surface area contributed by atoms with Crippen LogP contribution in [0.15, 0.2) is 24.3 Å². The summed E-state index contributed by atoms with van der Waals surface area (Å²) in [4.78, 5) is 17.3. The molecular weight excluding hydrogens is 262 g/mol. The second-order valence-corrected chi connectivity index (χ2v) is 6.10. The highest BCUT2D eigenvalue weighted by Crippen LogP contribution is 2.33. The van der Waals surface area contributed by atoms with Gasteiger partial charge >= 0.3 is 0 Å². The van der Waals surface area contributed by atoms with Crippen molar-refractivity contribution in [2.24, 2.45) is 5.73 Å². The van der Waals surface area contributed by atoms with Crippen molar-refractivity contribution < 1.29 is 4.79 Å². The predicted octanol–water partition coefficient (Wildman–Crippen LogP) is 1.21. The molecular formula is C17H25N3O. The van der Waals surface area contributed by atoms with Crippen molar-refractivity contribution in [2.75, 3.05) is 39.3 Å². The molecule has 1 atom stereocenters. The van der Waals surface area contributed by atoms with E-state index >= 15 is 0 Å². The second-order valence-electron chi connectivity index (χ2n) is 6.10. The van der Waals surface area contributed by atoms with E-state index in [2.05, 4.69) is 34.1 Å². The number of aryl methyl sites for hydroxylation is 1. The molecule has 4 nitrogen and oxygen atoms in total. The van der Waals surface area contributed by atoms with E-state index in [1.54, 1.807) is 0 Å². The average Bonchev–Trinajstić information content (AvgIpc) is 2.55. The Kier molecular flexibility index (Phi) is 4.56. The van der Waals surface area contributed by atoms with E-state index in [1.807, 2.05) is 0 Å². The monoisotopic (exact) mass is 287 g/mol. The lowest BCUT2D eigenvalue weighted by atomic mass is 9.82. The third-order valence-corrected chi connectivity index (χ3v) is 4.80. The molecule has 1 aromatic carbocycles. The van der Waals surface area contributed by atoms with E-state index in [0.717, 1.165) is 52.0 Å². The molecule has 1 aliphatic heterocycles. The first kappa shape index (κ1) is 14.5. The molecule has 1 saturated heterocycles. The Morgan fingerprint density at radius 2 is 1.95 bits per heavy atom. The molecule has 0 saturated carbocycles. The molecule has 1 amide bonds. The first-order valence-corrected chi connectivity index (χ1v) is 8.08. The summed E-state index contributed by atoms with van der Waals surface area (Å²) in [6.45, 7) is 5.24. The fraction of sp³-hybridized carbons (Fsp3) is 0.588. The van der Waals surface area contributed by atoms with E-state index < -0.39 is 0 Å². The van der Waals surface area contributed by atoms with Gasteiger partial charge in [-0.15, -0.1) is 0 Å². The van der Waals surface area contributed by atoms with Gasteiger partial charge in [0.05, 0.1) is 5.92 Å². The minimum Gasteiger partial charge on any atom is -0.340 e. The first-order valence-electron chi connectivity index (χ1n) is 8.08. The van der Waals surface area contributed by atoms with Gasteiger partial charge in [0.1, 0.15) is 0 Å². The quantitative estimate of drug-likeness (QED) is 0.909. The molecule has 1 aliphatic carbocycles. The van der Waals surface area contributed by atoms with Crippen LogP contribution in [-0.2, 0) is 11.2 Å². The largest absolute Gasteiger partial charge is 0.340 e. The Labute approximate surface area is 126 Å². The number of fused-ring (bicyclic) bond motifs is 1. The minimum atomic E-state index is 0.0796. The summed E-state index contributed by atoms with van der Waals surface area (Å²) >= 11 is 0. The van der Waals surface area contributed by atoms with Crippen LogP contribution in [-0.4, -0.2) is 55.0 Å². The van der Waals surface area contributed by atoms with E-state index in [1.165, 1.54) is 11.1 Å². The van der Waals surface area contributed by atoms with E-state index in [0.29, 0.717) is 12.5 Å². The van der Waals surface area contributed by atoms with Crippen LogP contribution in [0.2, 0.25) is 0 Å². The number of amides is 1. The van der Waals surface area contributed by atoms with Crippen LogP contribution in [0.5, 0.6) is 0 Å². The van der Waals surface area contributed by atoms with Gasteiger partial charge in [-0.25, -0.2) is 0 Å². The molecule has 2 N–H and O–H groups in total. The highest BCUT2D eigenvalue weighted by Gasteiger charge is 2.31. The molecule has 1 fully saturated rings. The number of carbonyl (C=O) groups excluding carboxylic acids is 1. The summed E-state index contributed by atoms with van der Waals surface area (Å²) in [5.41, 5.74) is 8.23. The molecule has 0 aromatic heterocycles. The van der Waals surface area contributed by atoms with Crippen LogP contribution >= 0.6 is 0 Å². The number of carbonyl (C=O) groups is 1. The van der Waals surface area contributed by atoms with Gasteiger partial charge in [0.15, 0.2) is 0 Å². The van der Waals surface area contributed by atoms with Crippen molar-refractivity contribution in [3.8, 4) is 0 Å². The first-order chi connectivity index (χ1) is 10.3. The lowest BCUT2D eigenvalue weighted by Gasteiger charge is -2.37. The van der Waals surface area contributed by atoms with Gasteiger partial charge in [0.2, 0.25) is 5.91 Å².